The third-order valence-corrected chi connectivity index (χ3v) is 9.02. The molecule has 3 rings (SSSR count). The zero-order valence-electron chi connectivity index (χ0n) is 21.3. The fraction of sp³-hybridized carbons (Fsp3) is 0.966. The molecule has 3 heteroatoms. The van der Waals surface area contributed by atoms with Crippen molar-refractivity contribution >= 4 is 0 Å². The molecule has 0 N–H and O–H groups in total. The van der Waals surface area contributed by atoms with Crippen LogP contribution in [-0.2, 0) is 9.47 Å². The van der Waals surface area contributed by atoms with Crippen LogP contribution in [0.4, 0.5) is 0 Å². The van der Waals surface area contributed by atoms with E-state index in [4.69, 9.17) is 9.47 Å². The largest absolute Gasteiger partial charge is 0.351 e. The first-order chi connectivity index (χ1) is 15.7. The van der Waals surface area contributed by atoms with Crippen LogP contribution in [0.2, 0.25) is 0 Å². The minimum atomic E-state index is -0.407. The fourth-order valence-electron chi connectivity index (χ4n) is 6.70. The van der Waals surface area contributed by atoms with E-state index in [1.54, 1.807) is 0 Å². The Kier molecular flexibility index (Phi) is 11.4. The summed E-state index contributed by atoms with van der Waals surface area (Å²) in [6.45, 7) is 5.70. The summed E-state index contributed by atoms with van der Waals surface area (Å²) in [5, 5.41) is 9.79. The fourth-order valence-corrected chi connectivity index (χ4v) is 6.70. The third-order valence-electron chi connectivity index (χ3n) is 9.02. The van der Waals surface area contributed by atoms with Crippen LogP contribution >= 0.6 is 0 Å². The van der Waals surface area contributed by atoms with Crippen molar-refractivity contribution in [2.24, 2.45) is 29.1 Å². The minimum absolute atomic E-state index is 0.0631. The van der Waals surface area contributed by atoms with Crippen molar-refractivity contribution < 1.29 is 9.47 Å². The summed E-state index contributed by atoms with van der Waals surface area (Å²) in [5.74, 6) is 3.47. The number of nitrogens with zero attached hydrogens (tertiary/aromatic N) is 1. The highest BCUT2D eigenvalue weighted by Gasteiger charge is 2.41. The van der Waals surface area contributed by atoms with Crippen LogP contribution in [0.15, 0.2) is 0 Å². The summed E-state index contributed by atoms with van der Waals surface area (Å²) in [6.07, 6.45) is 23.9. The lowest BCUT2D eigenvalue weighted by atomic mass is 9.68. The molecular weight excluding hydrogens is 394 g/mol. The molecule has 0 aromatic rings. The Balaban J connectivity index is 1.33. The van der Waals surface area contributed by atoms with E-state index < -0.39 is 5.41 Å². The van der Waals surface area contributed by atoms with Gasteiger partial charge in [0.2, 0.25) is 0 Å². The molecule has 3 nitrogen and oxygen atoms in total. The highest BCUT2D eigenvalue weighted by molar-refractivity contribution is 5.01. The Morgan fingerprint density at radius 2 is 1.22 bits per heavy atom. The Labute approximate surface area is 199 Å². The van der Waals surface area contributed by atoms with Gasteiger partial charge in [0.15, 0.2) is 6.29 Å². The summed E-state index contributed by atoms with van der Waals surface area (Å²) in [6, 6.07) is 2.55. The molecule has 1 saturated heterocycles. The second-order valence-electron chi connectivity index (χ2n) is 11.5. The van der Waals surface area contributed by atoms with Gasteiger partial charge in [-0.25, -0.2) is 0 Å². The molecule has 2 aliphatic carbocycles. The minimum Gasteiger partial charge on any atom is -0.351 e. The first kappa shape index (κ1) is 26.0. The molecule has 3 fully saturated rings. The van der Waals surface area contributed by atoms with Gasteiger partial charge < -0.3 is 9.47 Å². The molecule has 3 aliphatic rings. The summed E-state index contributed by atoms with van der Waals surface area (Å²) >= 11 is 0. The van der Waals surface area contributed by atoms with Crippen LogP contribution in [0.5, 0.6) is 0 Å². The van der Waals surface area contributed by atoms with Crippen molar-refractivity contribution in [2.75, 3.05) is 13.2 Å². The normalized spacial score (nSPS) is 36.0. The van der Waals surface area contributed by atoms with Crippen LogP contribution in [-0.4, -0.2) is 19.5 Å². The van der Waals surface area contributed by atoms with Gasteiger partial charge in [0.1, 0.15) is 5.41 Å². The highest BCUT2D eigenvalue weighted by atomic mass is 16.7. The van der Waals surface area contributed by atoms with Crippen molar-refractivity contribution in [2.45, 2.75) is 136 Å². The summed E-state index contributed by atoms with van der Waals surface area (Å²) < 4.78 is 12.4. The van der Waals surface area contributed by atoms with Crippen molar-refractivity contribution in [3.05, 3.63) is 0 Å². The van der Waals surface area contributed by atoms with E-state index in [0.29, 0.717) is 19.1 Å². The van der Waals surface area contributed by atoms with Crippen LogP contribution in [0.1, 0.15) is 129 Å². The zero-order chi connectivity index (χ0) is 22.7. The average molecular weight is 446 g/mol. The quantitative estimate of drug-likeness (QED) is 0.283. The number of unbranched alkanes of at least 4 members (excludes halogenated alkanes) is 6. The van der Waals surface area contributed by atoms with Gasteiger partial charge in [-0.3, -0.25) is 0 Å². The van der Waals surface area contributed by atoms with E-state index in [1.165, 1.54) is 103 Å². The first-order valence-corrected chi connectivity index (χ1v) is 14.3. The van der Waals surface area contributed by atoms with Crippen molar-refractivity contribution in [1.82, 2.24) is 0 Å². The van der Waals surface area contributed by atoms with Gasteiger partial charge in [0, 0.05) is 5.92 Å². The molecule has 0 amide bonds. The maximum absolute atomic E-state index is 9.79. The molecule has 0 aromatic heterocycles. The highest BCUT2D eigenvalue weighted by Crippen LogP contribution is 2.44. The number of nitriles is 1. The van der Waals surface area contributed by atoms with Gasteiger partial charge in [-0.2, -0.15) is 5.26 Å². The molecule has 0 atom stereocenters. The smallest absolute Gasteiger partial charge is 0.160 e. The Bertz CT molecular complexity index is 532. The van der Waals surface area contributed by atoms with Gasteiger partial charge in [-0.1, -0.05) is 84.5 Å². The van der Waals surface area contributed by atoms with Crippen LogP contribution in [0.3, 0.4) is 0 Å². The van der Waals surface area contributed by atoms with E-state index in [2.05, 4.69) is 19.9 Å². The summed E-state index contributed by atoms with van der Waals surface area (Å²) in [5.41, 5.74) is -0.407. The van der Waals surface area contributed by atoms with E-state index >= 15 is 0 Å². The van der Waals surface area contributed by atoms with E-state index in [-0.39, 0.29) is 6.29 Å². The zero-order valence-corrected chi connectivity index (χ0v) is 21.3. The van der Waals surface area contributed by atoms with Gasteiger partial charge in [-0.05, 0) is 62.7 Å². The second kappa shape index (κ2) is 14.0. The first-order valence-electron chi connectivity index (χ1n) is 14.3. The lowest BCUT2D eigenvalue weighted by Gasteiger charge is -2.42. The van der Waals surface area contributed by atoms with E-state index in [9.17, 15) is 5.26 Å². The lowest BCUT2D eigenvalue weighted by Crippen LogP contribution is -2.44. The maximum Gasteiger partial charge on any atom is 0.160 e. The van der Waals surface area contributed by atoms with Gasteiger partial charge in [0.05, 0.1) is 19.3 Å². The third kappa shape index (κ3) is 7.73. The number of ether oxygens (including phenoxy) is 2. The van der Waals surface area contributed by atoms with Crippen molar-refractivity contribution in [3.63, 3.8) is 0 Å². The molecule has 0 radical (unpaired) electrons. The Morgan fingerprint density at radius 3 is 1.81 bits per heavy atom. The molecule has 184 valence electrons. The lowest BCUT2D eigenvalue weighted by molar-refractivity contribution is -0.244. The number of hydrogen-bond donors (Lipinski definition) is 0. The van der Waals surface area contributed by atoms with E-state index in [1.807, 2.05) is 0 Å². The standard InChI is InChI=1S/C29H51NO2/c1-3-5-7-8-10-20-29(21-30)22-31-28(32-23-29)27-18-16-26(17-19-27)25-14-12-24(13-15-25)11-9-6-4-2/h24-28H,3-20,22-23H2,1-2H3. The molecule has 32 heavy (non-hydrogen) atoms. The van der Waals surface area contributed by atoms with Gasteiger partial charge in [-0.15, -0.1) is 0 Å². The molecule has 2 saturated carbocycles. The molecular formula is C29H51NO2. The molecule has 1 heterocycles. The second-order valence-corrected chi connectivity index (χ2v) is 11.5. The van der Waals surface area contributed by atoms with Crippen LogP contribution < -0.4 is 0 Å². The monoisotopic (exact) mass is 445 g/mol. The SMILES string of the molecule is CCCCCCCC1(C#N)COC(C2CCC(C3CCC(CCCCC)CC3)CC2)OC1. The van der Waals surface area contributed by atoms with Crippen LogP contribution in [0, 0.1) is 40.4 Å². The predicted octanol–water partition coefficient (Wildman–Crippen LogP) is 8.42. The topological polar surface area (TPSA) is 42.2 Å². The Hall–Kier alpha value is -0.590. The number of rotatable bonds is 12. The molecule has 0 aromatic carbocycles. The molecule has 0 spiro atoms. The molecule has 0 bridgehead atoms. The number of hydrogen-bond acceptors (Lipinski definition) is 3. The van der Waals surface area contributed by atoms with Gasteiger partial charge >= 0.3 is 0 Å². The molecule has 1 aliphatic heterocycles. The van der Waals surface area contributed by atoms with Crippen molar-refractivity contribution in [1.29, 1.82) is 5.26 Å². The maximum atomic E-state index is 9.79. The van der Waals surface area contributed by atoms with Gasteiger partial charge in [0.25, 0.3) is 0 Å². The predicted molar refractivity (Wildman–Crippen MR) is 132 cm³/mol. The summed E-state index contributed by atoms with van der Waals surface area (Å²) in [7, 11) is 0. The average Bonchev–Trinajstić information content (AvgIpc) is 2.85. The summed E-state index contributed by atoms with van der Waals surface area (Å²) in [4.78, 5) is 0. The van der Waals surface area contributed by atoms with Crippen LogP contribution in [0.25, 0.3) is 0 Å². The van der Waals surface area contributed by atoms with E-state index in [0.717, 1.165) is 30.6 Å². The molecule has 0 unspecified atom stereocenters. The van der Waals surface area contributed by atoms with Crippen molar-refractivity contribution in [3.8, 4) is 6.07 Å². The Morgan fingerprint density at radius 1 is 0.688 bits per heavy atom.